The molecule has 15 heteroatoms. The monoisotopic (exact) mass is 718 g/mol. The number of halogens is 1. The minimum Gasteiger partial charge on any atom is -0.493 e. The van der Waals surface area contributed by atoms with Crippen LogP contribution in [0.3, 0.4) is 0 Å². The van der Waals surface area contributed by atoms with Crippen LogP contribution in [0.1, 0.15) is 29.6 Å². The average molecular weight is 719 g/mol. The van der Waals surface area contributed by atoms with Gasteiger partial charge in [-0.1, -0.05) is 35.9 Å². The Labute approximate surface area is 294 Å². The first-order valence-electron chi connectivity index (χ1n) is 16.0. The van der Waals surface area contributed by atoms with Gasteiger partial charge in [0.25, 0.3) is 5.91 Å². The summed E-state index contributed by atoms with van der Waals surface area (Å²) < 4.78 is 27.6. The van der Waals surface area contributed by atoms with E-state index in [1.54, 1.807) is 43.6 Å². The van der Waals surface area contributed by atoms with Crippen molar-refractivity contribution in [1.29, 1.82) is 0 Å². The van der Waals surface area contributed by atoms with Gasteiger partial charge in [0.05, 0.1) is 37.7 Å². The maximum absolute atomic E-state index is 12.8. The molecule has 0 saturated heterocycles. The average Bonchev–Trinajstić information content (AvgIpc) is 3.96. The molecule has 0 unspecified atom stereocenters. The Hall–Kier alpha value is -4.62. The van der Waals surface area contributed by atoms with Gasteiger partial charge in [-0.2, -0.15) is 0 Å². The first-order chi connectivity index (χ1) is 24.2. The van der Waals surface area contributed by atoms with Crippen LogP contribution in [-0.4, -0.2) is 75.0 Å². The van der Waals surface area contributed by atoms with Crippen LogP contribution in [0.4, 0.5) is 23.0 Å². The Morgan fingerprint density at radius 3 is 2.46 bits per heavy atom. The molecule has 0 spiro atoms. The van der Waals surface area contributed by atoms with E-state index in [0.717, 1.165) is 18.5 Å². The number of hydrogen-bond acceptors (Lipinski definition) is 10. The molecule has 1 aliphatic rings. The third kappa shape index (κ3) is 9.13. The summed E-state index contributed by atoms with van der Waals surface area (Å²) in [5.41, 5.74) is 2.59. The lowest BCUT2D eigenvalue weighted by Crippen LogP contribution is -2.31. The zero-order chi connectivity index (χ0) is 35.1. The Bertz CT molecular complexity index is 1980. The van der Waals surface area contributed by atoms with E-state index in [-0.39, 0.29) is 12.5 Å². The number of carbonyl (C=O) groups excluding carboxylic acids is 1. The molecule has 1 fully saturated rings. The summed E-state index contributed by atoms with van der Waals surface area (Å²) in [7, 11) is -2.92. The number of pyridine rings is 1. The van der Waals surface area contributed by atoms with E-state index in [1.165, 1.54) is 6.33 Å². The number of anilines is 4. The lowest BCUT2D eigenvalue weighted by Gasteiger charge is -2.25. The van der Waals surface area contributed by atoms with Crippen molar-refractivity contribution in [1.82, 2.24) is 19.9 Å². The van der Waals surface area contributed by atoms with Crippen molar-refractivity contribution in [2.24, 2.45) is 0 Å². The van der Waals surface area contributed by atoms with Crippen molar-refractivity contribution in [2.75, 3.05) is 43.6 Å². The molecule has 2 heterocycles. The highest BCUT2D eigenvalue weighted by Crippen LogP contribution is 2.40. The molecule has 0 aliphatic heterocycles. The van der Waals surface area contributed by atoms with E-state index in [0.29, 0.717) is 82.5 Å². The third-order valence-corrected chi connectivity index (χ3v) is 8.76. The molecule has 260 valence electrons. The number of benzene rings is 3. The largest absolute Gasteiger partial charge is 0.493 e. The van der Waals surface area contributed by atoms with E-state index in [4.69, 9.17) is 30.9 Å². The molecule has 3 N–H and O–H groups in total. The Balaban J connectivity index is 1.21. The van der Waals surface area contributed by atoms with Gasteiger partial charge in [0, 0.05) is 46.9 Å². The first kappa shape index (κ1) is 35.2. The van der Waals surface area contributed by atoms with Crippen LogP contribution in [-0.2, 0) is 9.09 Å². The fraction of sp³-hybridized carbons (Fsp3) is 0.257. The lowest BCUT2D eigenvalue weighted by atomic mass is 10.1. The number of methoxy groups -OCH3 is 1. The maximum Gasteiger partial charge on any atom is 0.469 e. The zero-order valence-corrected chi connectivity index (χ0v) is 28.8. The molecule has 0 radical (unpaired) electrons. The number of nitrogens with one attached hydrogen (secondary N) is 1. The molecule has 1 saturated carbocycles. The third-order valence-electron chi connectivity index (χ3n) is 8.01. The highest BCUT2D eigenvalue weighted by atomic mass is 35.5. The predicted molar refractivity (Wildman–Crippen MR) is 191 cm³/mol. The predicted octanol–water partition coefficient (Wildman–Crippen LogP) is 6.75. The molecule has 2 aromatic heterocycles. The van der Waals surface area contributed by atoms with E-state index in [1.807, 2.05) is 53.4 Å². The zero-order valence-electron chi connectivity index (χ0n) is 27.2. The number of para-hydroxylation sites is 1. The number of nitrogens with zero attached hydrogens (tertiary/aromatic N) is 5. The molecular weight excluding hydrogens is 683 g/mol. The second-order valence-corrected chi connectivity index (χ2v) is 13.2. The standard InChI is InChI=1S/C35H36ClN6O7P/c1-47-31-20-29-30(21-32(31)48-17-6-15-41(26-11-12-26)16-18-49-50(44,45)46)38-23-39-34(29)42(27-9-3-2-4-10-27)28-13-14-33(37-22-28)40-35(43)24-7-5-8-25(36)19-24/h2-5,7-10,13-14,19-23,26H,6,11-12,15-18H2,1H3,(H,37,40,43)(H2,44,45,46). The molecule has 13 nitrogen and oxygen atoms in total. The lowest BCUT2D eigenvalue weighted by molar-refractivity contribution is 0.102. The molecule has 50 heavy (non-hydrogen) atoms. The number of carbonyl (C=O) groups is 1. The maximum atomic E-state index is 12.8. The van der Waals surface area contributed by atoms with Gasteiger partial charge in [-0.15, -0.1) is 0 Å². The van der Waals surface area contributed by atoms with Crippen LogP contribution < -0.4 is 19.7 Å². The highest BCUT2D eigenvalue weighted by molar-refractivity contribution is 7.46. The summed E-state index contributed by atoms with van der Waals surface area (Å²) in [5, 5.41) is 3.99. The quantitative estimate of drug-likeness (QED) is 0.0729. The minimum absolute atomic E-state index is 0.0388. The van der Waals surface area contributed by atoms with Crippen molar-refractivity contribution < 1.29 is 33.1 Å². The summed E-state index contributed by atoms with van der Waals surface area (Å²) in [6.07, 6.45) is 5.94. The van der Waals surface area contributed by atoms with Gasteiger partial charge in [0.2, 0.25) is 0 Å². The first-order valence-corrected chi connectivity index (χ1v) is 17.9. The SMILES string of the molecule is COc1cc2c(N(c3ccccc3)c3ccc(NC(=O)c4cccc(Cl)c4)nc3)ncnc2cc1OCCCN(CCOP(=O)(O)O)C1CC1. The van der Waals surface area contributed by atoms with Crippen LogP contribution >= 0.6 is 19.4 Å². The summed E-state index contributed by atoms with van der Waals surface area (Å²) in [5.74, 6) is 1.67. The normalized spacial score (nSPS) is 13.0. The van der Waals surface area contributed by atoms with Gasteiger partial charge < -0.3 is 24.6 Å². The molecule has 1 amide bonds. The molecule has 6 rings (SSSR count). The number of rotatable bonds is 16. The van der Waals surface area contributed by atoms with Gasteiger partial charge in [0.1, 0.15) is 18.0 Å². The van der Waals surface area contributed by atoms with E-state index in [9.17, 15) is 9.36 Å². The number of phosphoric acid groups is 1. The van der Waals surface area contributed by atoms with Crippen molar-refractivity contribution in [3.05, 3.63) is 102 Å². The van der Waals surface area contributed by atoms with Gasteiger partial charge in [-0.25, -0.2) is 19.5 Å². The van der Waals surface area contributed by atoms with Crippen LogP contribution in [0.5, 0.6) is 11.5 Å². The topological polar surface area (TPSA) is 159 Å². The number of fused-ring (bicyclic) bond motifs is 1. The number of aromatic nitrogens is 3. The Morgan fingerprint density at radius 1 is 0.940 bits per heavy atom. The fourth-order valence-electron chi connectivity index (χ4n) is 5.53. The van der Waals surface area contributed by atoms with Crippen molar-refractivity contribution in [2.45, 2.75) is 25.3 Å². The summed E-state index contributed by atoms with van der Waals surface area (Å²) in [6.45, 7) is 1.48. The highest BCUT2D eigenvalue weighted by Gasteiger charge is 2.29. The molecule has 1 aliphatic carbocycles. The van der Waals surface area contributed by atoms with Crippen LogP contribution in [0.2, 0.25) is 5.02 Å². The number of hydrogen-bond donors (Lipinski definition) is 3. The van der Waals surface area contributed by atoms with Crippen molar-refractivity contribution >= 4 is 59.2 Å². The van der Waals surface area contributed by atoms with Gasteiger partial charge >= 0.3 is 7.82 Å². The number of phosphoric ester groups is 1. The van der Waals surface area contributed by atoms with Gasteiger partial charge in [-0.3, -0.25) is 19.1 Å². The van der Waals surface area contributed by atoms with Crippen molar-refractivity contribution in [3.8, 4) is 11.5 Å². The molecular formula is C35H36ClN6O7P. The molecule has 5 aromatic rings. The van der Waals surface area contributed by atoms with E-state index >= 15 is 0 Å². The second kappa shape index (κ2) is 15.9. The molecule has 3 aromatic carbocycles. The fourth-order valence-corrected chi connectivity index (χ4v) is 6.04. The second-order valence-electron chi connectivity index (χ2n) is 11.5. The van der Waals surface area contributed by atoms with Gasteiger partial charge in [0.15, 0.2) is 11.5 Å². The Morgan fingerprint density at radius 2 is 1.76 bits per heavy atom. The minimum atomic E-state index is -4.49. The van der Waals surface area contributed by atoms with E-state index in [2.05, 4.69) is 29.7 Å². The van der Waals surface area contributed by atoms with Crippen molar-refractivity contribution in [3.63, 3.8) is 0 Å². The smallest absolute Gasteiger partial charge is 0.469 e. The van der Waals surface area contributed by atoms with Crippen LogP contribution in [0.15, 0.2) is 91.4 Å². The summed E-state index contributed by atoms with van der Waals surface area (Å²) in [4.78, 5) is 48.6. The van der Waals surface area contributed by atoms with E-state index < -0.39 is 7.82 Å². The molecule has 0 bridgehead atoms. The summed E-state index contributed by atoms with van der Waals surface area (Å²) >= 11 is 6.06. The van der Waals surface area contributed by atoms with Crippen LogP contribution in [0, 0.1) is 0 Å². The van der Waals surface area contributed by atoms with Crippen LogP contribution in [0.25, 0.3) is 10.9 Å². The van der Waals surface area contributed by atoms with Gasteiger partial charge in [-0.05, 0) is 67.8 Å². The Kier molecular flexibility index (Phi) is 11.2. The number of ether oxygens (including phenoxy) is 2. The summed E-state index contributed by atoms with van der Waals surface area (Å²) in [6, 6.07) is 24.0. The number of amides is 1. The molecule has 0 atom stereocenters.